The fraction of sp³-hybridized carbons (Fsp3) is 0. The highest BCUT2D eigenvalue weighted by Crippen LogP contribution is 2.53. The average Bonchev–Trinajstić information content (AvgIpc) is 2.98. The maximum atomic E-state index is 11.4. The quantitative estimate of drug-likeness (QED) is 0.128. The highest BCUT2D eigenvalue weighted by molar-refractivity contribution is 6.04. The van der Waals surface area contributed by atoms with E-state index in [-0.39, 0.29) is 34.5 Å². The number of rotatable bonds is 5. The number of benzene rings is 6. The van der Waals surface area contributed by atoms with Gasteiger partial charge in [-0.2, -0.15) is 0 Å². The van der Waals surface area contributed by atoms with Gasteiger partial charge >= 0.3 is 0 Å². The molecule has 6 rings (SSSR count). The lowest BCUT2D eigenvalue weighted by atomic mass is 9.83. The fourth-order valence-electron chi connectivity index (χ4n) is 5.53. The Kier molecular flexibility index (Phi) is 6.65. The largest absolute Gasteiger partial charge is 0.507 e. The first kappa shape index (κ1) is 26.3. The van der Waals surface area contributed by atoms with Crippen molar-refractivity contribution in [2.24, 2.45) is 0 Å². The smallest absolute Gasteiger partial charge is 0.124 e. The lowest BCUT2D eigenvalue weighted by molar-refractivity contribution is 0.468. The normalized spacial score (nSPS) is 11.0. The van der Waals surface area contributed by atoms with Gasteiger partial charge in [0.2, 0.25) is 0 Å². The van der Waals surface area contributed by atoms with Crippen LogP contribution in [0, 0.1) is 0 Å². The van der Waals surface area contributed by atoms with Crippen LogP contribution in [0.1, 0.15) is 0 Å². The number of hydrogen-bond donors (Lipinski definition) is 6. The molecule has 0 fully saturated rings. The Bertz CT molecular complexity index is 1960. The molecular formula is C36H26O6. The molecule has 0 aromatic heterocycles. The van der Waals surface area contributed by atoms with Gasteiger partial charge in [0, 0.05) is 33.4 Å². The zero-order valence-corrected chi connectivity index (χ0v) is 22.2. The van der Waals surface area contributed by atoms with E-state index >= 15 is 0 Å². The van der Waals surface area contributed by atoms with E-state index in [9.17, 15) is 30.6 Å². The second kappa shape index (κ2) is 10.6. The van der Waals surface area contributed by atoms with Gasteiger partial charge in [-0.25, -0.2) is 0 Å². The van der Waals surface area contributed by atoms with Crippen molar-refractivity contribution in [2.75, 3.05) is 0 Å². The van der Waals surface area contributed by atoms with Crippen LogP contribution in [0.2, 0.25) is 0 Å². The Balaban J connectivity index is 1.68. The van der Waals surface area contributed by atoms with E-state index < -0.39 is 0 Å². The van der Waals surface area contributed by atoms with Crippen LogP contribution in [0.25, 0.3) is 55.6 Å². The van der Waals surface area contributed by atoms with E-state index in [1.165, 1.54) is 30.3 Å². The molecule has 0 amide bonds. The molecular weight excluding hydrogens is 528 g/mol. The van der Waals surface area contributed by atoms with Crippen molar-refractivity contribution in [3.8, 4) is 90.1 Å². The highest BCUT2D eigenvalue weighted by Gasteiger charge is 2.25. The Hall–Kier alpha value is -5.88. The first-order valence-corrected chi connectivity index (χ1v) is 13.2. The molecule has 6 heteroatoms. The topological polar surface area (TPSA) is 121 Å². The standard InChI is InChI=1S/C36H26O6/c37-27-15-3-1-9-21(27)22-11-5-17-29(39)33(22)24-12-6-19-31(41)35(24)26-14-8-20-32(42)36(26)25-13-7-18-30(40)34(25)23-10-2-4-16-28(23)38/h1-20,37-42H. The molecule has 0 saturated carbocycles. The molecule has 0 spiro atoms. The Morgan fingerprint density at radius 3 is 0.881 bits per heavy atom. The summed E-state index contributed by atoms with van der Waals surface area (Å²) in [5, 5.41) is 66.2. The third-order valence-electron chi connectivity index (χ3n) is 7.35. The summed E-state index contributed by atoms with van der Waals surface area (Å²) in [6.45, 7) is 0. The third-order valence-corrected chi connectivity index (χ3v) is 7.35. The number of phenolic OH excluding ortho intramolecular Hbond substituents is 6. The van der Waals surface area contributed by atoms with Crippen molar-refractivity contribution in [3.63, 3.8) is 0 Å². The molecule has 0 atom stereocenters. The van der Waals surface area contributed by atoms with Gasteiger partial charge in [0.25, 0.3) is 0 Å². The highest BCUT2D eigenvalue weighted by atomic mass is 16.3. The summed E-state index contributed by atoms with van der Waals surface area (Å²) in [6.07, 6.45) is 0. The van der Waals surface area contributed by atoms with Crippen molar-refractivity contribution in [2.45, 2.75) is 0 Å². The van der Waals surface area contributed by atoms with Crippen molar-refractivity contribution < 1.29 is 30.6 Å². The monoisotopic (exact) mass is 554 g/mol. The SMILES string of the molecule is Oc1ccccc1-c1cccc(O)c1-c1cccc(O)c1-c1cccc(O)c1-c1cccc(O)c1-c1ccccc1O. The van der Waals surface area contributed by atoms with E-state index in [2.05, 4.69) is 0 Å². The van der Waals surface area contributed by atoms with Crippen LogP contribution in [0.4, 0.5) is 0 Å². The maximum Gasteiger partial charge on any atom is 0.124 e. The molecule has 0 saturated heterocycles. The molecule has 0 aliphatic carbocycles. The maximum absolute atomic E-state index is 11.4. The van der Waals surface area contributed by atoms with Crippen LogP contribution in [0.15, 0.2) is 121 Å². The van der Waals surface area contributed by atoms with E-state index in [4.69, 9.17) is 0 Å². The Morgan fingerprint density at radius 2 is 0.476 bits per heavy atom. The summed E-state index contributed by atoms with van der Waals surface area (Å²) >= 11 is 0. The first-order chi connectivity index (χ1) is 20.4. The number of phenols is 6. The molecule has 0 heterocycles. The lowest BCUT2D eigenvalue weighted by Crippen LogP contribution is -1.95. The Morgan fingerprint density at radius 1 is 0.214 bits per heavy atom. The first-order valence-electron chi connectivity index (χ1n) is 13.2. The van der Waals surface area contributed by atoms with E-state index in [1.807, 2.05) is 0 Å². The molecule has 6 aromatic rings. The molecule has 0 radical (unpaired) electrons. The van der Waals surface area contributed by atoms with Gasteiger partial charge in [-0.1, -0.05) is 84.9 Å². The summed E-state index contributed by atoms with van der Waals surface area (Å²) in [5.74, 6) is -0.449. The summed E-state index contributed by atoms with van der Waals surface area (Å²) in [7, 11) is 0. The van der Waals surface area contributed by atoms with E-state index in [0.717, 1.165) is 0 Å². The molecule has 6 nitrogen and oxygen atoms in total. The minimum Gasteiger partial charge on any atom is -0.507 e. The van der Waals surface area contributed by atoms with Gasteiger partial charge in [0.1, 0.15) is 34.5 Å². The molecule has 6 aromatic carbocycles. The zero-order valence-electron chi connectivity index (χ0n) is 22.2. The van der Waals surface area contributed by atoms with Crippen LogP contribution >= 0.6 is 0 Å². The van der Waals surface area contributed by atoms with E-state index in [0.29, 0.717) is 55.6 Å². The van der Waals surface area contributed by atoms with Gasteiger partial charge in [-0.05, 0) is 58.7 Å². The predicted molar refractivity (Wildman–Crippen MR) is 164 cm³/mol. The number of aromatic hydroxyl groups is 6. The average molecular weight is 555 g/mol. The lowest BCUT2D eigenvalue weighted by Gasteiger charge is -2.21. The van der Waals surface area contributed by atoms with Crippen molar-refractivity contribution >= 4 is 0 Å². The fourth-order valence-corrected chi connectivity index (χ4v) is 5.53. The molecule has 6 N–H and O–H groups in total. The summed E-state index contributed by atoms with van der Waals surface area (Å²) in [4.78, 5) is 0. The minimum atomic E-state index is -0.123. The van der Waals surface area contributed by atoms with E-state index in [1.54, 1.807) is 91.0 Å². The van der Waals surface area contributed by atoms with Gasteiger partial charge in [-0.3, -0.25) is 0 Å². The van der Waals surface area contributed by atoms with Crippen LogP contribution < -0.4 is 0 Å². The van der Waals surface area contributed by atoms with Gasteiger partial charge < -0.3 is 30.6 Å². The second-order valence-electron chi connectivity index (χ2n) is 9.83. The van der Waals surface area contributed by atoms with Crippen molar-refractivity contribution in [3.05, 3.63) is 121 Å². The molecule has 0 aliphatic heterocycles. The zero-order chi connectivity index (χ0) is 29.4. The molecule has 0 unspecified atom stereocenters. The Labute approximate surface area is 241 Å². The van der Waals surface area contributed by atoms with Crippen LogP contribution in [-0.2, 0) is 0 Å². The summed E-state index contributed by atoms with van der Waals surface area (Å²) < 4.78 is 0. The van der Waals surface area contributed by atoms with Crippen LogP contribution in [0.3, 0.4) is 0 Å². The van der Waals surface area contributed by atoms with Crippen molar-refractivity contribution in [1.29, 1.82) is 0 Å². The molecule has 42 heavy (non-hydrogen) atoms. The number of hydrogen-bond acceptors (Lipinski definition) is 6. The van der Waals surface area contributed by atoms with Gasteiger partial charge in [0.05, 0.1) is 0 Å². The second-order valence-corrected chi connectivity index (χ2v) is 9.83. The van der Waals surface area contributed by atoms with Gasteiger partial charge in [0.15, 0.2) is 0 Å². The van der Waals surface area contributed by atoms with Crippen molar-refractivity contribution in [1.82, 2.24) is 0 Å². The summed E-state index contributed by atoms with van der Waals surface area (Å²) in [5.41, 5.74) is 3.94. The van der Waals surface area contributed by atoms with Gasteiger partial charge in [-0.15, -0.1) is 0 Å². The third kappa shape index (κ3) is 4.41. The van der Waals surface area contributed by atoms with Crippen LogP contribution in [-0.4, -0.2) is 30.6 Å². The molecule has 0 aliphatic rings. The molecule has 206 valence electrons. The minimum absolute atomic E-state index is 0.0242. The predicted octanol–water partition coefficient (Wildman–Crippen LogP) is 8.26. The number of para-hydroxylation sites is 2. The molecule has 0 bridgehead atoms. The van der Waals surface area contributed by atoms with Crippen LogP contribution in [0.5, 0.6) is 34.5 Å². The summed E-state index contributed by atoms with van der Waals surface area (Å²) in [6, 6.07) is 33.0.